The van der Waals surface area contributed by atoms with Gasteiger partial charge in [-0.1, -0.05) is 23.7 Å². The van der Waals surface area contributed by atoms with Crippen molar-refractivity contribution >= 4 is 21.4 Å². The van der Waals surface area contributed by atoms with E-state index in [1.54, 1.807) is 31.4 Å². The lowest BCUT2D eigenvalue weighted by atomic mass is 10.0. The Morgan fingerprint density at radius 1 is 1.12 bits per heavy atom. The third kappa shape index (κ3) is 4.35. The lowest BCUT2D eigenvalue weighted by Crippen LogP contribution is -2.29. The van der Waals surface area contributed by atoms with Crippen molar-refractivity contribution in [2.45, 2.75) is 23.8 Å². The number of halogens is 1. The van der Waals surface area contributed by atoms with Crippen LogP contribution in [0.5, 0.6) is 5.75 Å². The van der Waals surface area contributed by atoms with Crippen molar-refractivity contribution in [3.05, 3.63) is 59.1 Å². The van der Waals surface area contributed by atoms with Crippen LogP contribution in [0.3, 0.4) is 0 Å². The van der Waals surface area contributed by atoms with E-state index in [4.69, 9.17) is 16.3 Å². The zero-order valence-electron chi connectivity index (χ0n) is 14.2. The number of rotatable bonds is 6. The second-order valence-corrected chi connectivity index (χ2v) is 8.79. The number of nitrogens with zero attached hydrogens (tertiary/aromatic N) is 1. The fraction of sp³-hybridized carbons (Fsp3) is 0.368. The highest BCUT2D eigenvalue weighted by Crippen LogP contribution is 2.32. The lowest BCUT2D eigenvalue weighted by molar-refractivity contribution is 0.272. The molecule has 134 valence electrons. The van der Waals surface area contributed by atoms with Crippen LogP contribution in [0.2, 0.25) is 5.02 Å². The molecule has 1 aliphatic rings. The highest BCUT2D eigenvalue weighted by atomic mass is 35.5. The predicted molar refractivity (Wildman–Crippen MR) is 100 cm³/mol. The average molecular weight is 380 g/mol. The van der Waals surface area contributed by atoms with Gasteiger partial charge in [0, 0.05) is 17.6 Å². The van der Waals surface area contributed by atoms with Crippen LogP contribution in [0.1, 0.15) is 24.4 Å². The van der Waals surface area contributed by atoms with Crippen molar-refractivity contribution in [3.8, 4) is 5.75 Å². The second-order valence-electron chi connectivity index (χ2n) is 6.24. The Labute approximate surface area is 154 Å². The molecule has 4 nitrogen and oxygen atoms in total. The Morgan fingerprint density at radius 2 is 1.80 bits per heavy atom. The largest absolute Gasteiger partial charge is 0.497 e. The van der Waals surface area contributed by atoms with Gasteiger partial charge in [0.1, 0.15) is 5.75 Å². The molecule has 0 aromatic heterocycles. The molecule has 0 saturated carbocycles. The summed E-state index contributed by atoms with van der Waals surface area (Å²) in [5, 5.41) is 0.540. The Balaban J connectivity index is 1.67. The van der Waals surface area contributed by atoms with Gasteiger partial charge in [0.25, 0.3) is 0 Å². The molecule has 3 rings (SSSR count). The molecule has 0 amide bonds. The van der Waals surface area contributed by atoms with E-state index in [9.17, 15) is 8.42 Å². The first-order chi connectivity index (χ1) is 12.0. The van der Waals surface area contributed by atoms with Gasteiger partial charge in [0.2, 0.25) is 0 Å². The molecule has 1 fully saturated rings. The average Bonchev–Trinajstić information content (AvgIpc) is 3.09. The normalized spacial score (nSPS) is 18.4. The summed E-state index contributed by atoms with van der Waals surface area (Å²) < 4.78 is 30.3. The van der Waals surface area contributed by atoms with Gasteiger partial charge < -0.3 is 4.74 Å². The van der Waals surface area contributed by atoms with Crippen LogP contribution < -0.4 is 4.74 Å². The smallest absolute Gasteiger partial charge is 0.179 e. The van der Waals surface area contributed by atoms with E-state index in [2.05, 4.69) is 17.0 Å². The van der Waals surface area contributed by atoms with Crippen LogP contribution in [0, 0.1) is 0 Å². The van der Waals surface area contributed by atoms with Gasteiger partial charge in [-0.25, -0.2) is 8.42 Å². The minimum absolute atomic E-state index is 0.112. The molecule has 6 heteroatoms. The van der Waals surface area contributed by atoms with Gasteiger partial charge in [-0.15, -0.1) is 0 Å². The molecule has 2 aromatic carbocycles. The molecule has 0 radical (unpaired) electrons. The number of sulfone groups is 1. The maximum atomic E-state index is 12.5. The van der Waals surface area contributed by atoms with Gasteiger partial charge in [-0.3, -0.25) is 4.90 Å². The lowest BCUT2D eigenvalue weighted by Gasteiger charge is -2.24. The molecule has 0 N–H and O–H groups in total. The number of ether oxygens (including phenoxy) is 1. The summed E-state index contributed by atoms with van der Waals surface area (Å²) in [4.78, 5) is 2.59. The first kappa shape index (κ1) is 18.2. The van der Waals surface area contributed by atoms with E-state index < -0.39 is 9.84 Å². The molecule has 0 bridgehead atoms. The standard InChI is InChI=1S/C19H22ClNO3S/c1-24-17-8-4-15(5-9-17)19-3-2-12-21(19)13-14-25(22,23)18-10-6-16(20)7-11-18/h4-11,19H,2-3,12-14H2,1H3/t19-/m1/s1. The molecule has 0 spiro atoms. The van der Waals surface area contributed by atoms with Gasteiger partial charge in [0.05, 0.1) is 17.8 Å². The van der Waals surface area contributed by atoms with Crippen LogP contribution in [0.25, 0.3) is 0 Å². The van der Waals surface area contributed by atoms with Gasteiger partial charge in [-0.05, 0) is 61.3 Å². The molecule has 0 unspecified atom stereocenters. The van der Waals surface area contributed by atoms with Crippen molar-refractivity contribution in [1.29, 1.82) is 0 Å². The zero-order valence-corrected chi connectivity index (χ0v) is 15.8. The maximum absolute atomic E-state index is 12.5. The first-order valence-corrected chi connectivity index (χ1v) is 10.4. The summed E-state index contributed by atoms with van der Waals surface area (Å²) >= 11 is 5.84. The van der Waals surface area contributed by atoms with Crippen molar-refractivity contribution < 1.29 is 13.2 Å². The second kappa shape index (κ2) is 7.77. The van der Waals surface area contributed by atoms with Crippen molar-refractivity contribution in [1.82, 2.24) is 4.90 Å². The Morgan fingerprint density at radius 3 is 2.44 bits per heavy atom. The number of hydrogen-bond donors (Lipinski definition) is 0. The van der Waals surface area contributed by atoms with Crippen LogP contribution >= 0.6 is 11.6 Å². The van der Waals surface area contributed by atoms with E-state index >= 15 is 0 Å². The topological polar surface area (TPSA) is 46.6 Å². The summed E-state index contributed by atoms with van der Waals surface area (Å²) in [5.74, 6) is 0.944. The minimum Gasteiger partial charge on any atom is -0.497 e. The quantitative estimate of drug-likeness (QED) is 0.762. The highest BCUT2D eigenvalue weighted by molar-refractivity contribution is 7.91. The van der Waals surface area contributed by atoms with Crippen molar-refractivity contribution in [2.24, 2.45) is 0 Å². The number of methoxy groups -OCH3 is 1. The van der Waals surface area contributed by atoms with Gasteiger partial charge >= 0.3 is 0 Å². The van der Waals surface area contributed by atoms with E-state index in [1.807, 2.05) is 12.1 Å². The Kier molecular flexibility index (Phi) is 5.67. The van der Waals surface area contributed by atoms with Crippen molar-refractivity contribution in [2.75, 3.05) is 26.0 Å². The maximum Gasteiger partial charge on any atom is 0.179 e. The number of benzene rings is 2. The first-order valence-electron chi connectivity index (χ1n) is 8.36. The van der Waals surface area contributed by atoms with Crippen LogP contribution in [0.4, 0.5) is 0 Å². The summed E-state index contributed by atoms with van der Waals surface area (Å²) in [6.07, 6.45) is 2.13. The van der Waals surface area contributed by atoms with Crippen LogP contribution in [-0.4, -0.2) is 39.3 Å². The van der Waals surface area contributed by atoms with E-state index in [-0.39, 0.29) is 11.8 Å². The van der Waals surface area contributed by atoms with Crippen molar-refractivity contribution in [3.63, 3.8) is 0 Å². The summed E-state index contributed by atoms with van der Waals surface area (Å²) in [7, 11) is -1.65. The minimum atomic E-state index is -3.30. The molecule has 2 aromatic rings. The van der Waals surface area contributed by atoms with Gasteiger partial charge in [-0.2, -0.15) is 0 Å². The molecule has 1 atom stereocenters. The van der Waals surface area contributed by atoms with Gasteiger partial charge in [0.15, 0.2) is 9.84 Å². The Bertz CT molecular complexity index is 804. The van der Waals surface area contributed by atoms with E-state index in [0.717, 1.165) is 25.1 Å². The predicted octanol–water partition coefficient (Wildman–Crippen LogP) is 3.96. The summed E-state index contributed by atoms with van der Waals surface area (Å²) in [5.41, 5.74) is 1.21. The number of likely N-dealkylation sites (tertiary alicyclic amines) is 1. The number of hydrogen-bond acceptors (Lipinski definition) is 4. The molecule has 0 aliphatic carbocycles. The molecular weight excluding hydrogens is 358 g/mol. The van der Waals surface area contributed by atoms with E-state index in [0.29, 0.717) is 16.5 Å². The fourth-order valence-electron chi connectivity index (χ4n) is 3.29. The fourth-order valence-corrected chi connectivity index (χ4v) is 4.68. The summed E-state index contributed by atoms with van der Waals surface area (Å²) in [6.45, 7) is 1.45. The molecule has 25 heavy (non-hydrogen) atoms. The SMILES string of the molecule is COc1ccc([C@H]2CCCN2CCS(=O)(=O)c2ccc(Cl)cc2)cc1. The highest BCUT2D eigenvalue weighted by Gasteiger charge is 2.27. The third-order valence-electron chi connectivity index (χ3n) is 4.68. The molecule has 1 saturated heterocycles. The summed E-state index contributed by atoms with van der Waals surface area (Å²) in [6, 6.07) is 14.7. The Hall–Kier alpha value is -1.56. The van der Waals surface area contributed by atoms with E-state index in [1.165, 1.54) is 5.56 Å². The molecule has 1 heterocycles. The van der Waals surface area contributed by atoms with Crippen LogP contribution in [0.15, 0.2) is 53.4 Å². The monoisotopic (exact) mass is 379 g/mol. The molecular formula is C19H22ClNO3S. The molecule has 1 aliphatic heterocycles. The van der Waals surface area contributed by atoms with Crippen LogP contribution in [-0.2, 0) is 9.84 Å². The zero-order chi connectivity index (χ0) is 17.9. The third-order valence-corrected chi connectivity index (χ3v) is 6.65.